The van der Waals surface area contributed by atoms with E-state index in [1.165, 1.54) is 29.5 Å². The Morgan fingerprint density at radius 1 is 1.43 bits per heavy atom. The van der Waals surface area contributed by atoms with Gasteiger partial charge in [-0.15, -0.1) is 0 Å². The SMILES string of the molecule is [CH2]C(C)c1cccc(C2CC2)c1C=C. The molecule has 1 unspecified atom stereocenters. The first-order chi connectivity index (χ1) is 6.74. The molecule has 2 rings (SSSR count). The first-order valence-corrected chi connectivity index (χ1v) is 5.32. The van der Waals surface area contributed by atoms with Crippen LogP contribution in [0.2, 0.25) is 0 Å². The Balaban J connectivity index is 2.49. The second-order valence-corrected chi connectivity index (χ2v) is 4.23. The summed E-state index contributed by atoms with van der Waals surface area (Å²) in [6.07, 6.45) is 4.68. The fourth-order valence-electron chi connectivity index (χ4n) is 2.02. The summed E-state index contributed by atoms with van der Waals surface area (Å²) in [6.45, 7) is 10.1. The van der Waals surface area contributed by atoms with Gasteiger partial charge in [0.15, 0.2) is 0 Å². The van der Waals surface area contributed by atoms with Gasteiger partial charge in [0.25, 0.3) is 0 Å². The fourth-order valence-corrected chi connectivity index (χ4v) is 2.02. The Labute approximate surface area is 86.7 Å². The molecule has 1 fully saturated rings. The van der Waals surface area contributed by atoms with Gasteiger partial charge in [-0.25, -0.2) is 0 Å². The number of hydrogen-bond acceptors (Lipinski definition) is 0. The maximum atomic E-state index is 4.09. The van der Waals surface area contributed by atoms with Crippen molar-refractivity contribution in [2.75, 3.05) is 0 Å². The standard InChI is InChI=1S/C14H17/c1-4-12-13(10(2)3)6-5-7-14(12)11-8-9-11/h4-7,10-11H,1-2,8-9H2,3H3. The summed E-state index contributed by atoms with van der Waals surface area (Å²) in [5, 5.41) is 0. The first kappa shape index (κ1) is 9.51. The van der Waals surface area contributed by atoms with Gasteiger partial charge < -0.3 is 0 Å². The second-order valence-electron chi connectivity index (χ2n) is 4.23. The fraction of sp³-hybridized carbons (Fsp3) is 0.357. The molecule has 1 aromatic rings. The van der Waals surface area contributed by atoms with Crippen LogP contribution in [0.5, 0.6) is 0 Å². The van der Waals surface area contributed by atoms with Gasteiger partial charge in [0.2, 0.25) is 0 Å². The van der Waals surface area contributed by atoms with Crippen molar-refractivity contribution >= 4 is 6.08 Å². The van der Waals surface area contributed by atoms with Gasteiger partial charge in [-0.3, -0.25) is 0 Å². The molecule has 0 aliphatic heterocycles. The molecule has 14 heavy (non-hydrogen) atoms. The minimum atomic E-state index is 0.349. The van der Waals surface area contributed by atoms with E-state index in [9.17, 15) is 0 Å². The smallest absolute Gasteiger partial charge is 0.0155 e. The topological polar surface area (TPSA) is 0 Å². The van der Waals surface area contributed by atoms with Crippen LogP contribution >= 0.6 is 0 Å². The quantitative estimate of drug-likeness (QED) is 0.663. The Morgan fingerprint density at radius 3 is 2.64 bits per heavy atom. The number of hydrogen-bond donors (Lipinski definition) is 0. The van der Waals surface area contributed by atoms with E-state index in [1.54, 1.807) is 0 Å². The van der Waals surface area contributed by atoms with Crippen LogP contribution in [0.25, 0.3) is 6.08 Å². The molecule has 0 bridgehead atoms. The predicted octanol–water partition coefficient (Wildman–Crippen LogP) is 4.14. The van der Waals surface area contributed by atoms with Crippen LogP contribution in [0.1, 0.15) is 48.3 Å². The third-order valence-electron chi connectivity index (χ3n) is 2.93. The van der Waals surface area contributed by atoms with E-state index in [1.807, 2.05) is 6.08 Å². The molecule has 0 saturated heterocycles. The van der Waals surface area contributed by atoms with Crippen LogP contribution in [0.4, 0.5) is 0 Å². The van der Waals surface area contributed by atoms with Crippen molar-refractivity contribution in [2.45, 2.75) is 31.6 Å². The zero-order valence-electron chi connectivity index (χ0n) is 8.79. The molecule has 1 aliphatic carbocycles. The Hall–Kier alpha value is -1.04. The van der Waals surface area contributed by atoms with Gasteiger partial charge in [-0.1, -0.05) is 37.8 Å². The number of benzene rings is 1. The van der Waals surface area contributed by atoms with Crippen molar-refractivity contribution in [1.82, 2.24) is 0 Å². The van der Waals surface area contributed by atoms with Crippen LogP contribution in [0.3, 0.4) is 0 Å². The highest BCUT2D eigenvalue weighted by atomic mass is 14.3. The van der Waals surface area contributed by atoms with Crippen molar-refractivity contribution in [3.05, 3.63) is 48.4 Å². The summed E-state index contributed by atoms with van der Waals surface area (Å²) in [7, 11) is 0. The molecule has 0 heteroatoms. The third kappa shape index (κ3) is 1.61. The zero-order chi connectivity index (χ0) is 10.1. The molecule has 0 N–H and O–H groups in total. The van der Waals surface area contributed by atoms with Gasteiger partial charge in [-0.05, 0) is 48.3 Å². The lowest BCUT2D eigenvalue weighted by Gasteiger charge is -2.13. The lowest BCUT2D eigenvalue weighted by Crippen LogP contribution is -1.96. The maximum Gasteiger partial charge on any atom is -0.0155 e. The maximum absolute atomic E-state index is 4.09. The van der Waals surface area contributed by atoms with E-state index >= 15 is 0 Å². The molecule has 1 radical (unpaired) electrons. The number of rotatable bonds is 3. The van der Waals surface area contributed by atoms with E-state index in [0.717, 1.165) is 5.92 Å². The van der Waals surface area contributed by atoms with Crippen molar-refractivity contribution in [2.24, 2.45) is 0 Å². The average Bonchev–Trinajstić information content (AvgIpc) is 2.99. The van der Waals surface area contributed by atoms with Gasteiger partial charge in [0, 0.05) is 0 Å². The molecule has 1 aliphatic rings. The highest BCUT2D eigenvalue weighted by Gasteiger charge is 2.26. The lowest BCUT2D eigenvalue weighted by atomic mass is 9.91. The average molecular weight is 185 g/mol. The molecule has 73 valence electrons. The zero-order valence-corrected chi connectivity index (χ0v) is 8.79. The molecule has 1 aromatic carbocycles. The Bertz CT molecular complexity index is 323. The predicted molar refractivity (Wildman–Crippen MR) is 62.3 cm³/mol. The second kappa shape index (κ2) is 3.61. The molecule has 0 amide bonds. The first-order valence-electron chi connectivity index (χ1n) is 5.32. The van der Waals surface area contributed by atoms with Gasteiger partial charge >= 0.3 is 0 Å². The van der Waals surface area contributed by atoms with Gasteiger partial charge in [0.05, 0.1) is 0 Å². The van der Waals surface area contributed by atoms with E-state index in [-0.39, 0.29) is 0 Å². The van der Waals surface area contributed by atoms with E-state index in [4.69, 9.17) is 0 Å². The van der Waals surface area contributed by atoms with E-state index in [0.29, 0.717) is 5.92 Å². The summed E-state index contributed by atoms with van der Waals surface area (Å²) in [6, 6.07) is 6.55. The van der Waals surface area contributed by atoms with Crippen molar-refractivity contribution in [3.8, 4) is 0 Å². The molecular weight excluding hydrogens is 168 g/mol. The summed E-state index contributed by atoms with van der Waals surface area (Å²) in [5.74, 6) is 1.14. The summed E-state index contributed by atoms with van der Waals surface area (Å²) in [4.78, 5) is 0. The van der Waals surface area contributed by atoms with Crippen LogP contribution in [-0.2, 0) is 0 Å². The van der Waals surface area contributed by atoms with Crippen molar-refractivity contribution in [3.63, 3.8) is 0 Å². The van der Waals surface area contributed by atoms with Crippen molar-refractivity contribution < 1.29 is 0 Å². The van der Waals surface area contributed by atoms with Crippen LogP contribution in [0.15, 0.2) is 24.8 Å². The van der Waals surface area contributed by atoms with E-state index < -0.39 is 0 Å². The molecule has 0 nitrogen and oxygen atoms in total. The summed E-state index contributed by atoms with van der Waals surface area (Å²) < 4.78 is 0. The van der Waals surface area contributed by atoms with Crippen LogP contribution in [-0.4, -0.2) is 0 Å². The van der Waals surface area contributed by atoms with Crippen LogP contribution < -0.4 is 0 Å². The molecule has 0 spiro atoms. The largest absolute Gasteiger partial charge is 0.0984 e. The highest BCUT2D eigenvalue weighted by molar-refractivity contribution is 5.59. The molecular formula is C14H17. The monoisotopic (exact) mass is 185 g/mol. The van der Waals surface area contributed by atoms with Gasteiger partial charge in [0.1, 0.15) is 0 Å². The molecule has 0 heterocycles. The highest BCUT2D eigenvalue weighted by Crippen LogP contribution is 2.43. The molecule has 1 saturated carbocycles. The minimum absolute atomic E-state index is 0.349. The molecule has 1 atom stereocenters. The van der Waals surface area contributed by atoms with Crippen LogP contribution in [0, 0.1) is 6.92 Å². The molecule has 0 aromatic heterocycles. The van der Waals surface area contributed by atoms with Gasteiger partial charge in [-0.2, -0.15) is 0 Å². The minimum Gasteiger partial charge on any atom is -0.0984 e. The summed E-state index contributed by atoms with van der Waals surface area (Å²) in [5.41, 5.74) is 4.15. The lowest BCUT2D eigenvalue weighted by molar-refractivity contribution is 0.948. The van der Waals surface area contributed by atoms with Crippen molar-refractivity contribution in [1.29, 1.82) is 0 Å². The Morgan fingerprint density at radius 2 is 2.14 bits per heavy atom. The Kier molecular flexibility index (Phi) is 2.45. The summed E-state index contributed by atoms with van der Waals surface area (Å²) >= 11 is 0. The third-order valence-corrected chi connectivity index (χ3v) is 2.93. The van der Waals surface area contributed by atoms with E-state index in [2.05, 4.69) is 38.6 Å². The normalized spacial score (nSPS) is 15.9.